The van der Waals surface area contributed by atoms with E-state index in [4.69, 9.17) is 15.4 Å². The third-order valence-electron chi connectivity index (χ3n) is 2.02. The fraction of sp³-hybridized carbons (Fsp3) is 0.400. The zero-order chi connectivity index (χ0) is 11.3. The first-order chi connectivity index (χ1) is 7.01. The Bertz CT molecular complexity index is 388. The van der Waals surface area contributed by atoms with E-state index in [-0.39, 0.29) is 5.75 Å². The fourth-order valence-electron chi connectivity index (χ4n) is 1.31. The van der Waals surface area contributed by atoms with Gasteiger partial charge in [-0.25, -0.2) is 8.42 Å². The van der Waals surface area contributed by atoms with Crippen molar-refractivity contribution in [3.8, 4) is 0 Å². The van der Waals surface area contributed by atoms with Crippen molar-refractivity contribution < 1.29 is 13.2 Å². The molecule has 0 N–H and O–H groups in total. The SMILES string of the molecule is COC(Cc1ccccc1)CS(=O)(=O)Cl. The van der Waals surface area contributed by atoms with Crippen LogP contribution in [0.3, 0.4) is 0 Å². The molecule has 0 heterocycles. The molecule has 0 radical (unpaired) electrons. The molecule has 1 rings (SSSR count). The summed E-state index contributed by atoms with van der Waals surface area (Å²) in [6.07, 6.45) is 0.151. The molecule has 1 aromatic rings. The fourth-order valence-corrected chi connectivity index (χ4v) is 2.43. The van der Waals surface area contributed by atoms with Gasteiger partial charge >= 0.3 is 0 Å². The molecule has 0 spiro atoms. The second kappa shape index (κ2) is 5.49. The van der Waals surface area contributed by atoms with Crippen molar-refractivity contribution in [1.29, 1.82) is 0 Å². The predicted octanol–water partition coefficient (Wildman–Crippen LogP) is 1.81. The Morgan fingerprint density at radius 2 is 1.93 bits per heavy atom. The number of hydrogen-bond acceptors (Lipinski definition) is 3. The summed E-state index contributed by atoms with van der Waals surface area (Å²) in [6.45, 7) is 0. The number of hydrogen-bond donors (Lipinski definition) is 0. The normalized spacial score (nSPS) is 13.7. The van der Waals surface area contributed by atoms with Gasteiger partial charge in [0.05, 0.1) is 11.9 Å². The van der Waals surface area contributed by atoms with Crippen LogP contribution in [-0.2, 0) is 20.2 Å². The zero-order valence-electron chi connectivity index (χ0n) is 8.39. The first-order valence-electron chi connectivity index (χ1n) is 4.50. The lowest BCUT2D eigenvalue weighted by atomic mass is 10.1. The molecule has 1 aromatic carbocycles. The molecule has 1 unspecified atom stereocenters. The maximum absolute atomic E-state index is 10.9. The van der Waals surface area contributed by atoms with Crippen molar-refractivity contribution in [1.82, 2.24) is 0 Å². The van der Waals surface area contributed by atoms with Crippen LogP contribution in [0.25, 0.3) is 0 Å². The number of methoxy groups -OCH3 is 1. The van der Waals surface area contributed by atoms with E-state index in [1.54, 1.807) is 0 Å². The Labute approximate surface area is 94.4 Å². The molecule has 0 aliphatic heterocycles. The third kappa shape index (κ3) is 5.16. The number of ether oxygens (including phenoxy) is 1. The minimum absolute atomic E-state index is 0.167. The van der Waals surface area contributed by atoms with Crippen LogP contribution in [0, 0.1) is 0 Å². The molecule has 0 saturated carbocycles. The standard InChI is InChI=1S/C10H13ClO3S/c1-14-10(8-15(11,12)13)7-9-5-3-2-4-6-9/h2-6,10H,7-8H2,1H3. The minimum atomic E-state index is -3.51. The van der Waals surface area contributed by atoms with Crippen LogP contribution in [0.1, 0.15) is 5.56 Å². The summed E-state index contributed by atoms with van der Waals surface area (Å²) in [5.74, 6) is -0.167. The maximum atomic E-state index is 10.9. The topological polar surface area (TPSA) is 43.4 Å². The lowest BCUT2D eigenvalue weighted by Crippen LogP contribution is -2.22. The summed E-state index contributed by atoms with van der Waals surface area (Å²) in [4.78, 5) is 0. The molecule has 5 heteroatoms. The summed E-state index contributed by atoms with van der Waals surface area (Å²) in [5, 5.41) is 0. The molecule has 0 aromatic heterocycles. The summed E-state index contributed by atoms with van der Waals surface area (Å²) < 4.78 is 26.8. The van der Waals surface area contributed by atoms with Crippen molar-refractivity contribution in [2.24, 2.45) is 0 Å². The first-order valence-corrected chi connectivity index (χ1v) is 6.98. The van der Waals surface area contributed by atoms with Crippen LogP contribution >= 0.6 is 10.7 Å². The van der Waals surface area contributed by atoms with E-state index in [0.717, 1.165) is 5.56 Å². The van der Waals surface area contributed by atoms with E-state index in [9.17, 15) is 8.42 Å². The Balaban J connectivity index is 2.63. The van der Waals surface area contributed by atoms with E-state index in [1.165, 1.54) is 7.11 Å². The van der Waals surface area contributed by atoms with Gasteiger partial charge in [-0.15, -0.1) is 0 Å². The highest BCUT2D eigenvalue weighted by Crippen LogP contribution is 2.09. The highest BCUT2D eigenvalue weighted by atomic mass is 35.7. The summed E-state index contributed by atoms with van der Waals surface area (Å²) in [6, 6.07) is 9.55. The van der Waals surface area contributed by atoms with E-state index >= 15 is 0 Å². The van der Waals surface area contributed by atoms with Gasteiger partial charge in [-0.1, -0.05) is 30.3 Å². The molecule has 0 bridgehead atoms. The summed E-state index contributed by atoms with van der Waals surface area (Å²) in [7, 11) is 3.14. The average Bonchev–Trinajstić information content (AvgIpc) is 2.16. The van der Waals surface area contributed by atoms with E-state index < -0.39 is 15.2 Å². The summed E-state index contributed by atoms with van der Waals surface area (Å²) in [5.41, 5.74) is 1.03. The maximum Gasteiger partial charge on any atom is 0.235 e. The van der Waals surface area contributed by atoms with Gasteiger partial charge in [0.1, 0.15) is 0 Å². The van der Waals surface area contributed by atoms with Gasteiger partial charge in [-0.05, 0) is 12.0 Å². The molecule has 3 nitrogen and oxygen atoms in total. The molecule has 0 saturated heterocycles. The highest BCUT2D eigenvalue weighted by Gasteiger charge is 2.16. The Morgan fingerprint density at radius 1 is 1.33 bits per heavy atom. The van der Waals surface area contributed by atoms with Crippen molar-refractivity contribution in [2.75, 3.05) is 12.9 Å². The minimum Gasteiger partial charge on any atom is -0.380 e. The van der Waals surface area contributed by atoms with Gasteiger partial charge in [-0.2, -0.15) is 0 Å². The molecular weight excluding hydrogens is 236 g/mol. The lowest BCUT2D eigenvalue weighted by Gasteiger charge is -2.13. The third-order valence-corrected chi connectivity index (χ3v) is 3.17. The van der Waals surface area contributed by atoms with Crippen LogP contribution in [-0.4, -0.2) is 27.4 Å². The van der Waals surface area contributed by atoms with Gasteiger partial charge in [0.25, 0.3) is 0 Å². The first kappa shape index (κ1) is 12.5. The number of benzene rings is 1. The molecule has 15 heavy (non-hydrogen) atoms. The monoisotopic (exact) mass is 248 g/mol. The van der Waals surface area contributed by atoms with E-state index in [1.807, 2.05) is 30.3 Å². The molecule has 1 atom stereocenters. The summed E-state index contributed by atoms with van der Waals surface area (Å²) >= 11 is 0. The predicted molar refractivity (Wildman–Crippen MR) is 60.6 cm³/mol. The van der Waals surface area contributed by atoms with Crippen LogP contribution in [0.15, 0.2) is 30.3 Å². The largest absolute Gasteiger partial charge is 0.380 e. The smallest absolute Gasteiger partial charge is 0.235 e. The molecule has 84 valence electrons. The number of halogens is 1. The van der Waals surface area contributed by atoms with Crippen molar-refractivity contribution >= 4 is 19.7 Å². The van der Waals surface area contributed by atoms with Crippen molar-refractivity contribution in [2.45, 2.75) is 12.5 Å². The lowest BCUT2D eigenvalue weighted by molar-refractivity contribution is 0.121. The average molecular weight is 249 g/mol. The van der Waals surface area contributed by atoms with Crippen LogP contribution < -0.4 is 0 Å². The molecule has 0 aliphatic carbocycles. The Kier molecular flexibility index (Phi) is 4.57. The van der Waals surface area contributed by atoms with Gasteiger partial charge in [-0.3, -0.25) is 0 Å². The van der Waals surface area contributed by atoms with E-state index in [2.05, 4.69) is 0 Å². The van der Waals surface area contributed by atoms with Gasteiger partial charge in [0.15, 0.2) is 0 Å². The zero-order valence-corrected chi connectivity index (χ0v) is 9.96. The second-order valence-electron chi connectivity index (χ2n) is 3.25. The number of rotatable bonds is 5. The Morgan fingerprint density at radius 3 is 2.40 bits per heavy atom. The van der Waals surface area contributed by atoms with Crippen LogP contribution in [0.5, 0.6) is 0 Å². The second-order valence-corrected chi connectivity index (χ2v) is 6.07. The molecular formula is C10H13ClO3S. The van der Waals surface area contributed by atoms with Crippen LogP contribution in [0.4, 0.5) is 0 Å². The van der Waals surface area contributed by atoms with E-state index in [0.29, 0.717) is 6.42 Å². The van der Waals surface area contributed by atoms with Gasteiger partial charge < -0.3 is 4.74 Å². The van der Waals surface area contributed by atoms with Crippen molar-refractivity contribution in [3.63, 3.8) is 0 Å². The van der Waals surface area contributed by atoms with Gasteiger partial charge in [0.2, 0.25) is 9.05 Å². The molecule has 0 amide bonds. The van der Waals surface area contributed by atoms with Crippen LogP contribution in [0.2, 0.25) is 0 Å². The Hall–Kier alpha value is -0.580. The highest BCUT2D eigenvalue weighted by molar-refractivity contribution is 8.13. The quantitative estimate of drug-likeness (QED) is 0.747. The van der Waals surface area contributed by atoms with Crippen molar-refractivity contribution in [3.05, 3.63) is 35.9 Å². The molecule has 0 aliphatic rings. The molecule has 0 fully saturated rings. The van der Waals surface area contributed by atoms with Gasteiger partial charge in [0, 0.05) is 17.8 Å².